The van der Waals surface area contributed by atoms with E-state index in [-0.39, 0.29) is 5.91 Å². The van der Waals surface area contributed by atoms with Crippen molar-refractivity contribution in [2.75, 3.05) is 0 Å². The van der Waals surface area contributed by atoms with E-state index in [0.717, 1.165) is 24.0 Å². The summed E-state index contributed by atoms with van der Waals surface area (Å²) in [5, 5.41) is 11.7. The Morgan fingerprint density at radius 1 is 1.14 bits per heavy atom. The molecule has 3 unspecified atom stereocenters. The van der Waals surface area contributed by atoms with Gasteiger partial charge in [-0.1, -0.05) is 18.6 Å². The Morgan fingerprint density at radius 3 is 2.48 bits per heavy atom. The highest BCUT2D eigenvalue weighted by Crippen LogP contribution is 2.44. The number of fused-ring (bicyclic) bond motifs is 2. The van der Waals surface area contributed by atoms with Crippen LogP contribution in [-0.2, 0) is 4.79 Å². The average Bonchev–Trinajstić information content (AvgIpc) is 3.08. The maximum Gasteiger partial charge on any atom is 0.328 e. The molecule has 4 nitrogen and oxygen atoms in total. The van der Waals surface area contributed by atoms with Gasteiger partial charge >= 0.3 is 5.97 Å². The summed E-state index contributed by atoms with van der Waals surface area (Å²) in [4.78, 5) is 22.7. The second kappa shape index (κ2) is 5.72. The standard InChI is InChI=1S/C17H19NO3/c19-16(20)8-4-11-1-5-13(6-2-11)17(21)18-15-10-12-3-7-14(15)9-12/h1-2,4-6,8,12,14-15H,3,7,9-10H2,(H,18,21)(H,19,20). The summed E-state index contributed by atoms with van der Waals surface area (Å²) in [6.07, 6.45) is 7.56. The lowest BCUT2D eigenvalue weighted by molar-refractivity contribution is -0.131. The minimum atomic E-state index is -0.979. The zero-order valence-electron chi connectivity index (χ0n) is 11.8. The Labute approximate surface area is 123 Å². The third-order valence-electron chi connectivity index (χ3n) is 4.65. The minimum Gasteiger partial charge on any atom is -0.478 e. The van der Waals surface area contributed by atoms with Crippen LogP contribution in [-0.4, -0.2) is 23.0 Å². The molecule has 2 aliphatic carbocycles. The number of nitrogens with one attached hydrogen (secondary N) is 1. The van der Waals surface area contributed by atoms with Crippen LogP contribution in [0.15, 0.2) is 30.3 Å². The van der Waals surface area contributed by atoms with Crippen LogP contribution in [0.25, 0.3) is 6.08 Å². The highest BCUT2D eigenvalue weighted by Gasteiger charge is 2.40. The van der Waals surface area contributed by atoms with Crippen molar-refractivity contribution in [3.8, 4) is 0 Å². The lowest BCUT2D eigenvalue weighted by Crippen LogP contribution is -2.38. The van der Waals surface area contributed by atoms with Crippen LogP contribution in [0.5, 0.6) is 0 Å². The van der Waals surface area contributed by atoms with Crippen LogP contribution in [0.2, 0.25) is 0 Å². The molecule has 110 valence electrons. The third kappa shape index (κ3) is 3.15. The summed E-state index contributed by atoms with van der Waals surface area (Å²) in [6, 6.07) is 7.33. The Hall–Kier alpha value is -2.10. The molecule has 3 atom stereocenters. The molecule has 2 fully saturated rings. The van der Waals surface area contributed by atoms with Gasteiger partial charge in [-0.3, -0.25) is 4.79 Å². The largest absolute Gasteiger partial charge is 0.478 e. The van der Waals surface area contributed by atoms with E-state index < -0.39 is 5.97 Å². The lowest BCUT2D eigenvalue weighted by atomic mass is 9.95. The molecule has 1 aromatic rings. The van der Waals surface area contributed by atoms with Crippen molar-refractivity contribution in [2.24, 2.45) is 11.8 Å². The quantitative estimate of drug-likeness (QED) is 0.836. The molecule has 21 heavy (non-hydrogen) atoms. The van der Waals surface area contributed by atoms with Gasteiger partial charge in [0.1, 0.15) is 0 Å². The van der Waals surface area contributed by atoms with Crippen LogP contribution < -0.4 is 5.32 Å². The van der Waals surface area contributed by atoms with Gasteiger partial charge in [-0.15, -0.1) is 0 Å². The van der Waals surface area contributed by atoms with Gasteiger partial charge in [0.2, 0.25) is 0 Å². The molecule has 2 N–H and O–H groups in total. The van der Waals surface area contributed by atoms with Crippen LogP contribution in [0.3, 0.4) is 0 Å². The predicted octanol–water partition coefficient (Wildman–Crippen LogP) is 2.70. The fourth-order valence-electron chi connectivity index (χ4n) is 3.59. The van der Waals surface area contributed by atoms with Crippen molar-refractivity contribution in [2.45, 2.75) is 31.7 Å². The second-order valence-electron chi connectivity index (χ2n) is 6.05. The summed E-state index contributed by atoms with van der Waals surface area (Å²) in [6.45, 7) is 0. The Bertz CT molecular complexity index is 576. The number of hydrogen-bond acceptors (Lipinski definition) is 2. The van der Waals surface area contributed by atoms with E-state index in [2.05, 4.69) is 5.32 Å². The SMILES string of the molecule is O=C(O)C=Cc1ccc(C(=O)NC2CC3CCC2C3)cc1. The van der Waals surface area contributed by atoms with Gasteiger partial charge in [0, 0.05) is 17.7 Å². The number of rotatable bonds is 4. The van der Waals surface area contributed by atoms with Crippen molar-refractivity contribution in [3.63, 3.8) is 0 Å². The summed E-state index contributed by atoms with van der Waals surface area (Å²) < 4.78 is 0. The average molecular weight is 285 g/mol. The van der Waals surface area contributed by atoms with Crippen molar-refractivity contribution >= 4 is 18.0 Å². The number of carbonyl (C=O) groups excluding carboxylic acids is 1. The van der Waals surface area contributed by atoms with E-state index in [4.69, 9.17) is 5.11 Å². The smallest absolute Gasteiger partial charge is 0.328 e. The van der Waals surface area contributed by atoms with E-state index >= 15 is 0 Å². The highest BCUT2D eigenvalue weighted by molar-refractivity contribution is 5.94. The molecule has 1 amide bonds. The molecule has 1 aromatic carbocycles. The Morgan fingerprint density at radius 2 is 1.90 bits per heavy atom. The molecule has 2 bridgehead atoms. The fraction of sp³-hybridized carbons (Fsp3) is 0.412. The normalized spacial score (nSPS) is 27.1. The maximum absolute atomic E-state index is 12.2. The van der Waals surface area contributed by atoms with Gasteiger partial charge in [-0.2, -0.15) is 0 Å². The topological polar surface area (TPSA) is 66.4 Å². The summed E-state index contributed by atoms with van der Waals surface area (Å²) >= 11 is 0. The van der Waals surface area contributed by atoms with Gasteiger partial charge in [-0.25, -0.2) is 4.79 Å². The minimum absolute atomic E-state index is 0.0266. The van der Waals surface area contributed by atoms with Crippen LogP contribution in [0, 0.1) is 11.8 Å². The van der Waals surface area contributed by atoms with Crippen molar-refractivity contribution in [1.82, 2.24) is 5.32 Å². The molecule has 0 aromatic heterocycles. The highest BCUT2D eigenvalue weighted by atomic mass is 16.4. The first-order valence-corrected chi connectivity index (χ1v) is 7.44. The van der Waals surface area contributed by atoms with Crippen molar-refractivity contribution in [1.29, 1.82) is 0 Å². The molecule has 2 saturated carbocycles. The molecule has 0 radical (unpaired) electrons. The first kappa shape index (κ1) is 13.9. The van der Waals surface area contributed by atoms with Gasteiger partial charge in [0.25, 0.3) is 5.91 Å². The van der Waals surface area contributed by atoms with Crippen LogP contribution in [0.1, 0.15) is 41.6 Å². The maximum atomic E-state index is 12.2. The molecule has 0 aliphatic heterocycles. The van der Waals surface area contributed by atoms with E-state index in [0.29, 0.717) is 17.5 Å². The van der Waals surface area contributed by atoms with Gasteiger partial charge in [0.05, 0.1) is 0 Å². The zero-order valence-corrected chi connectivity index (χ0v) is 11.8. The zero-order chi connectivity index (χ0) is 14.8. The third-order valence-corrected chi connectivity index (χ3v) is 4.65. The fourth-order valence-corrected chi connectivity index (χ4v) is 3.59. The van der Waals surface area contributed by atoms with Crippen molar-refractivity contribution < 1.29 is 14.7 Å². The van der Waals surface area contributed by atoms with Crippen LogP contribution in [0.4, 0.5) is 0 Å². The molecule has 0 heterocycles. The van der Waals surface area contributed by atoms with E-state index in [1.54, 1.807) is 24.3 Å². The molecular formula is C17H19NO3. The summed E-state index contributed by atoms with van der Waals surface area (Å²) in [7, 11) is 0. The molecular weight excluding hydrogens is 266 g/mol. The van der Waals surface area contributed by atoms with E-state index in [9.17, 15) is 9.59 Å². The lowest BCUT2D eigenvalue weighted by Gasteiger charge is -2.22. The Kier molecular flexibility index (Phi) is 3.78. The number of hydrogen-bond donors (Lipinski definition) is 2. The monoisotopic (exact) mass is 285 g/mol. The van der Waals surface area contributed by atoms with E-state index in [1.165, 1.54) is 25.3 Å². The molecule has 2 aliphatic rings. The molecule has 4 heteroatoms. The first-order valence-electron chi connectivity index (χ1n) is 7.44. The summed E-state index contributed by atoms with van der Waals surface area (Å²) in [5.74, 6) is 0.468. The van der Waals surface area contributed by atoms with Crippen LogP contribution >= 0.6 is 0 Å². The van der Waals surface area contributed by atoms with Crippen molar-refractivity contribution in [3.05, 3.63) is 41.5 Å². The van der Waals surface area contributed by atoms with Gasteiger partial charge in [0.15, 0.2) is 0 Å². The second-order valence-corrected chi connectivity index (χ2v) is 6.05. The molecule has 0 saturated heterocycles. The number of carboxylic acids is 1. The predicted molar refractivity (Wildman–Crippen MR) is 79.8 cm³/mol. The summed E-state index contributed by atoms with van der Waals surface area (Å²) in [5.41, 5.74) is 1.40. The molecule has 0 spiro atoms. The molecule has 3 rings (SSSR count). The number of benzene rings is 1. The van der Waals surface area contributed by atoms with E-state index in [1.807, 2.05) is 0 Å². The number of carboxylic acid groups (broad SMARTS) is 1. The Balaban J connectivity index is 1.61. The first-order chi connectivity index (χ1) is 10.1. The van der Waals surface area contributed by atoms with Gasteiger partial charge < -0.3 is 10.4 Å². The number of carbonyl (C=O) groups is 2. The van der Waals surface area contributed by atoms with Gasteiger partial charge in [-0.05, 0) is 54.9 Å². The number of amides is 1. The number of aliphatic carboxylic acids is 1.